The topological polar surface area (TPSA) is 40.5 Å². The van der Waals surface area contributed by atoms with Crippen molar-refractivity contribution in [2.24, 2.45) is 0 Å². The van der Waals surface area contributed by atoms with Gasteiger partial charge < -0.3 is 10.0 Å². The third kappa shape index (κ3) is 6.66. The van der Waals surface area contributed by atoms with Crippen molar-refractivity contribution < 1.29 is 9.90 Å². The van der Waals surface area contributed by atoms with E-state index in [2.05, 4.69) is 4.90 Å². The van der Waals surface area contributed by atoms with Crippen molar-refractivity contribution in [1.82, 2.24) is 4.90 Å². The SMILES string of the molecule is CCCC(=CCCCN(C)C)C(=O)O. The van der Waals surface area contributed by atoms with Crippen molar-refractivity contribution >= 4 is 5.97 Å². The fourth-order valence-electron chi connectivity index (χ4n) is 1.25. The Balaban J connectivity index is 3.85. The van der Waals surface area contributed by atoms with E-state index in [4.69, 9.17) is 5.11 Å². The maximum Gasteiger partial charge on any atom is 0.331 e. The van der Waals surface area contributed by atoms with E-state index in [1.807, 2.05) is 27.1 Å². The molecule has 14 heavy (non-hydrogen) atoms. The average molecular weight is 199 g/mol. The molecule has 0 aromatic rings. The lowest BCUT2D eigenvalue weighted by Crippen LogP contribution is -2.12. The zero-order valence-corrected chi connectivity index (χ0v) is 9.42. The van der Waals surface area contributed by atoms with Gasteiger partial charge in [-0.2, -0.15) is 0 Å². The molecule has 0 radical (unpaired) electrons. The van der Waals surface area contributed by atoms with Crippen LogP contribution in [-0.4, -0.2) is 36.6 Å². The van der Waals surface area contributed by atoms with Crippen LogP contribution in [-0.2, 0) is 4.79 Å². The zero-order valence-electron chi connectivity index (χ0n) is 9.42. The summed E-state index contributed by atoms with van der Waals surface area (Å²) < 4.78 is 0. The summed E-state index contributed by atoms with van der Waals surface area (Å²) in [5, 5.41) is 8.83. The summed E-state index contributed by atoms with van der Waals surface area (Å²) in [5.74, 6) is -0.767. The predicted molar refractivity (Wildman–Crippen MR) is 58.4 cm³/mol. The molecule has 3 nitrogen and oxygen atoms in total. The zero-order chi connectivity index (χ0) is 11.0. The van der Waals surface area contributed by atoms with E-state index in [1.165, 1.54) is 0 Å². The lowest BCUT2D eigenvalue weighted by atomic mass is 10.1. The molecule has 1 N–H and O–H groups in total. The maximum atomic E-state index is 10.7. The Bertz CT molecular complexity index is 197. The first-order chi connectivity index (χ1) is 6.57. The summed E-state index contributed by atoms with van der Waals surface area (Å²) in [6.45, 7) is 3.01. The molecule has 0 unspecified atom stereocenters. The van der Waals surface area contributed by atoms with E-state index >= 15 is 0 Å². The van der Waals surface area contributed by atoms with Gasteiger partial charge in [0.25, 0.3) is 0 Å². The fourth-order valence-corrected chi connectivity index (χ4v) is 1.25. The van der Waals surface area contributed by atoms with Crippen LogP contribution >= 0.6 is 0 Å². The van der Waals surface area contributed by atoms with Crippen LogP contribution in [0.15, 0.2) is 11.6 Å². The Morgan fingerprint density at radius 2 is 2.07 bits per heavy atom. The second kappa shape index (κ2) is 7.56. The molecule has 0 rings (SSSR count). The Morgan fingerprint density at radius 1 is 1.43 bits per heavy atom. The van der Waals surface area contributed by atoms with Crippen LogP contribution in [0.5, 0.6) is 0 Å². The molecule has 0 aromatic heterocycles. The number of carboxylic acid groups (broad SMARTS) is 1. The molecule has 0 aliphatic rings. The van der Waals surface area contributed by atoms with Gasteiger partial charge in [-0.15, -0.1) is 0 Å². The molecule has 0 atom stereocenters. The summed E-state index contributed by atoms with van der Waals surface area (Å²) in [4.78, 5) is 12.8. The number of unbranched alkanes of at least 4 members (excludes halogenated alkanes) is 1. The van der Waals surface area contributed by atoms with Gasteiger partial charge >= 0.3 is 5.97 Å². The first-order valence-corrected chi connectivity index (χ1v) is 5.15. The first kappa shape index (κ1) is 13.2. The van der Waals surface area contributed by atoms with Gasteiger partial charge in [-0.3, -0.25) is 0 Å². The lowest BCUT2D eigenvalue weighted by molar-refractivity contribution is -0.132. The van der Waals surface area contributed by atoms with Crippen molar-refractivity contribution in [3.63, 3.8) is 0 Å². The number of allylic oxidation sites excluding steroid dienone is 1. The van der Waals surface area contributed by atoms with E-state index < -0.39 is 5.97 Å². The highest BCUT2D eigenvalue weighted by molar-refractivity contribution is 5.86. The number of hydrogen-bond acceptors (Lipinski definition) is 2. The summed E-state index contributed by atoms with van der Waals surface area (Å²) >= 11 is 0. The Morgan fingerprint density at radius 3 is 2.50 bits per heavy atom. The van der Waals surface area contributed by atoms with Gasteiger partial charge in [0, 0.05) is 5.57 Å². The molecule has 0 bridgehead atoms. The Labute approximate surface area is 86.4 Å². The molecule has 0 spiro atoms. The number of nitrogens with zero attached hydrogens (tertiary/aromatic N) is 1. The normalized spacial score (nSPS) is 12.1. The molecule has 82 valence electrons. The standard InChI is InChI=1S/C11H21NO2/c1-4-7-10(11(13)14)8-5-6-9-12(2)3/h8H,4-7,9H2,1-3H3,(H,13,14). The molecular formula is C11H21NO2. The van der Waals surface area contributed by atoms with Gasteiger partial charge in [-0.25, -0.2) is 4.79 Å². The van der Waals surface area contributed by atoms with Gasteiger partial charge in [0.05, 0.1) is 0 Å². The van der Waals surface area contributed by atoms with E-state index in [9.17, 15) is 4.79 Å². The third-order valence-corrected chi connectivity index (χ3v) is 1.99. The minimum atomic E-state index is -0.767. The molecular weight excluding hydrogens is 178 g/mol. The predicted octanol–water partition coefficient (Wildman–Crippen LogP) is 2.14. The van der Waals surface area contributed by atoms with Crippen molar-refractivity contribution in [2.75, 3.05) is 20.6 Å². The number of carboxylic acids is 1. The van der Waals surface area contributed by atoms with Gasteiger partial charge in [-0.05, 0) is 39.9 Å². The second-order valence-corrected chi connectivity index (χ2v) is 3.73. The molecule has 0 aromatic carbocycles. The van der Waals surface area contributed by atoms with E-state index in [0.717, 1.165) is 25.8 Å². The van der Waals surface area contributed by atoms with Crippen LogP contribution in [0.2, 0.25) is 0 Å². The van der Waals surface area contributed by atoms with Gasteiger partial charge in [0.2, 0.25) is 0 Å². The Hall–Kier alpha value is -0.830. The lowest BCUT2D eigenvalue weighted by Gasteiger charge is -2.07. The number of aliphatic carboxylic acids is 1. The summed E-state index contributed by atoms with van der Waals surface area (Å²) in [6.07, 6.45) is 5.31. The minimum absolute atomic E-state index is 0.561. The average Bonchev–Trinajstić information content (AvgIpc) is 2.09. The van der Waals surface area contributed by atoms with Crippen LogP contribution in [0.3, 0.4) is 0 Å². The van der Waals surface area contributed by atoms with E-state index in [1.54, 1.807) is 0 Å². The van der Waals surface area contributed by atoms with Crippen molar-refractivity contribution in [3.8, 4) is 0 Å². The molecule has 0 heterocycles. The number of hydrogen-bond donors (Lipinski definition) is 1. The van der Waals surface area contributed by atoms with Crippen LogP contribution < -0.4 is 0 Å². The summed E-state index contributed by atoms with van der Waals surface area (Å²) in [7, 11) is 4.04. The molecule has 0 saturated carbocycles. The smallest absolute Gasteiger partial charge is 0.331 e. The summed E-state index contributed by atoms with van der Waals surface area (Å²) in [6, 6.07) is 0. The van der Waals surface area contributed by atoms with Crippen LogP contribution in [0.1, 0.15) is 32.6 Å². The van der Waals surface area contributed by atoms with Gasteiger partial charge in [0.1, 0.15) is 0 Å². The van der Waals surface area contributed by atoms with Crippen molar-refractivity contribution in [3.05, 3.63) is 11.6 Å². The highest BCUT2D eigenvalue weighted by Crippen LogP contribution is 2.07. The highest BCUT2D eigenvalue weighted by atomic mass is 16.4. The van der Waals surface area contributed by atoms with E-state index in [0.29, 0.717) is 12.0 Å². The minimum Gasteiger partial charge on any atom is -0.478 e. The molecule has 0 aliphatic heterocycles. The molecule has 0 saturated heterocycles. The van der Waals surface area contributed by atoms with Crippen molar-refractivity contribution in [1.29, 1.82) is 0 Å². The highest BCUT2D eigenvalue weighted by Gasteiger charge is 2.04. The molecule has 0 amide bonds. The first-order valence-electron chi connectivity index (χ1n) is 5.15. The fraction of sp³-hybridized carbons (Fsp3) is 0.727. The largest absolute Gasteiger partial charge is 0.478 e. The second-order valence-electron chi connectivity index (χ2n) is 3.73. The van der Waals surface area contributed by atoms with Crippen LogP contribution in [0, 0.1) is 0 Å². The van der Waals surface area contributed by atoms with Crippen molar-refractivity contribution in [2.45, 2.75) is 32.6 Å². The van der Waals surface area contributed by atoms with Crippen LogP contribution in [0.25, 0.3) is 0 Å². The maximum absolute atomic E-state index is 10.7. The molecule has 0 fully saturated rings. The van der Waals surface area contributed by atoms with Gasteiger partial charge in [-0.1, -0.05) is 19.4 Å². The van der Waals surface area contributed by atoms with Crippen LogP contribution in [0.4, 0.5) is 0 Å². The molecule has 0 aliphatic carbocycles. The summed E-state index contributed by atoms with van der Waals surface area (Å²) in [5.41, 5.74) is 0.561. The van der Waals surface area contributed by atoms with E-state index in [-0.39, 0.29) is 0 Å². The van der Waals surface area contributed by atoms with Gasteiger partial charge in [0.15, 0.2) is 0 Å². The Kier molecular flexibility index (Phi) is 7.11. The third-order valence-electron chi connectivity index (χ3n) is 1.99. The number of carbonyl (C=O) groups is 1. The monoisotopic (exact) mass is 199 g/mol. The number of rotatable bonds is 7. The molecule has 3 heteroatoms. The quantitative estimate of drug-likeness (QED) is 0.504.